The van der Waals surface area contributed by atoms with Crippen molar-refractivity contribution in [2.24, 2.45) is 0 Å². The summed E-state index contributed by atoms with van der Waals surface area (Å²) in [7, 11) is 1.61. The second-order valence-electron chi connectivity index (χ2n) is 4.18. The minimum absolute atomic E-state index is 0.410. The lowest BCUT2D eigenvalue weighted by atomic mass is 10.1. The lowest BCUT2D eigenvalue weighted by Crippen LogP contribution is -2.12. The van der Waals surface area contributed by atoms with Gasteiger partial charge in [0.1, 0.15) is 5.75 Å². The Balaban J connectivity index is 1.99. The first-order chi connectivity index (χ1) is 9.19. The second-order valence-corrected chi connectivity index (χ2v) is 4.62. The van der Waals surface area contributed by atoms with Crippen LogP contribution in [0.2, 0.25) is 5.02 Å². The average Bonchev–Trinajstić information content (AvgIpc) is 2.45. The summed E-state index contributed by atoms with van der Waals surface area (Å²) >= 11 is 5.90. The number of benzene rings is 2. The van der Waals surface area contributed by atoms with Crippen LogP contribution in [0.3, 0.4) is 0 Å². The van der Waals surface area contributed by atoms with E-state index in [9.17, 15) is 5.11 Å². The maximum Gasteiger partial charge on any atom is 0.119 e. The van der Waals surface area contributed by atoms with Crippen LogP contribution >= 0.6 is 11.6 Å². The van der Waals surface area contributed by atoms with Crippen LogP contribution in [0.25, 0.3) is 0 Å². The van der Waals surface area contributed by atoms with Gasteiger partial charge in [0.05, 0.1) is 13.2 Å². The molecule has 0 fully saturated rings. The third-order valence-electron chi connectivity index (χ3n) is 2.80. The summed E-state index contributed by atoms with van der Waals surface area (Å²) in [4.78, 5) is 0. The van der Waals surface area contributed by atoms with Crippen molar-refractivity contribution < 1.29 is 9.84 Å². The van der Waals surface area contributed by atoms with Crippen molar-refractivity contribution >= 4 is 17.3 Å². The van der Waals surface area contributed by atoms with Gasteiger partial charge in [0, 0.05) is 17.3 Å². The van der Waals surface area contributed by atoms with Crippen LogP contribution < -0.4 is 10.1 Å². The summed E-state index contributed by atoms with van der Waals surface area (Å²) < 4.78 is 5.13. The number of ether oxygens (including phenoxy) is 1. The molecule has 0 aliphatic rings. The van der Waals surface area contributed by atoms with Crippen molar-refractivity contribution in [3.63, 3.8) is 0 Å². The van der Waals surface area contributed by atoms with Crippen LogP contribution in [-0.2, 0) is 0 Å². The summed E-state index contributed by atoms with van der Waals surface area (Å²) in [5, 5.41) is 13.9. The number of nitrogens with one attached hydrogen (secondary N) is 1. The van der Waals surface area contributed by atoms with Gasteiger partial charge in [-0.05, 0) is 35.9 Å². The first kappa shape index (κ1) is 13.7. The smallest absolute Gasteiger partial charge is 0.119 e. The van der Waals surface area contributed by atoms with Crippen molar-refractivity contribution in [1.29, 1.82) is 0 Å². The highest BCUT2D eigenvalue weighted by molar-refractivity contribution is 6.30. The molecular weight excluding hydrogens is 262 g/mol. The first-order valence-electron chi connectivity index (χ1n) is 6.00. The Bertz CT molecular complexity index is 545. The third kappa shape index (κ3) is 3.88. The van der Waals surface area contributed by atoms with Crippen molar-refractivity contribution in [3.05, 3.63) is 59.1 Å². The van der Waals surface area contributed by atoms with E-state index in [0.717, 1.165) is 17.0 Å². The Kier molecular flexibility index (Phi) is 4.66. The van der Waals surface area contributed by atoms with Crippen LogP contribution in [0, 0.1) is 0 Å². The highest BCUT2D eigenvalue weighted by atomic mass is 35.5. The fourth-order valence-corrected chi connectivity index (χ4v) is 1.97. The number of halogens is 1. The fraction of sp³-hybridized carbons (Fsp3) is 0.200. The monoisotopic (exact) mass is 277 g/mol. The minimum atomic E-state index is -0.603. The zero-order valence-electron chi connectivity index (χ0n) is 10.6. The highest BCUT2D eigenvalue weighted by Gasteiger charge is 2.08. The molecule has 100 valence electrons. The molecule has 19 heavy (non-hydrogen) atoms. The molecule has 1 unspecified atom stereocenters. The fourth-order valence-electron chi connectivity index (χ4n) is 1.78. The van der Waals surface area contributed by atoms with Gasteiger partial charge in [-0.3, -0.25) is 0 Å². The summed E-state index contributed by atoms with van der Waals surface area (Å²) in [6.45, 7) is 0.410. The van der Waals surface area contributed by atoms with Gasteiger partial charge >= 0.3 is 0 Å². The quantitative estimate of drug-likeness (QED) is 0.879. The molecule has 0 bridgehead atoms. The number of anilines is 1. The van der Waals surface area contributed by atoms with E-state index in [1.165, 1.54) is 0 Å². The van der Waals surface area contributed by atoms with Gasteiger partial charge in [-0.15, -0.1) is 0 Å². The van der Waals surface area contributed by atoms with Gasteiger partial charge < -0.3 is 15.2 Å². The molecule has 0 amide bonds. The molecule has 2 aromatic carbocycles. The Morgan fingerprint density at radius 3 is 2.74 bits per heavy atom. The second kappa shape index (κ2) is 6.45. The van der Waals surface area contributed by atoms with Crippen LogP contribution in [0.5, 0.6) is 5.75 Å². The largest absolute Gasteiger partial charge is 0.497 e. The minimum Gasteiger partial charge on any atom is -0.497 e. The maximum absolute atomic E-state index is 10.1. The summed E-state index contributed by atoms with van der Waals surface area (Å²) in [6, 6.07) is 14.8. The molecule has 2 rings (SSSR count). The molecule has 1 atom stereocenters. The SMILES string of the molecule is COc1cccc(C(O)CNc2cccc(Cl)c2)c1. The molecule has 0 spiro atoms. The molecule has 2 N–H and O–H groups in total. The predicted molar refractivity (Wildman–Crippen MR) is 77.9 cm³/mol. The molecule has 3 nitrogen and oxygen atoms in total. The molecule has 0 radical (unpaired) electrons. The van der Waals surface area contributed by atoms with Gasteiger partial charge in [-0.2, -0.15) is 0 Å². The Morgan fingerprint density at radius 2 is 2.00 bits per heavy atom. The van der Waals surface area contributed by atoms with E-state index in [-0.39, 0.29) is 0 Å². The van der Waals surface area contributed by atoms with E-state index in [0.29, 0.717) is 11.6 Å². The van der Waals surface area contributed by atoms with E-state index < -0.39 is 6.10 Å². The molecule has 4 heteroatoms. The summed E-state index contributed by atoms with van der Waals surface area (Å²) in [5.74, 6) is 0.735. The third-order valence-corrected chi connectivity index (χ3v) is 3.04. The van der Waals surface area contributed by atoms with Gasteiger partial charge in [-0.25, -0.2) is 0 Å². The van der Waals surface area contributed by atoms with Crippen molar-refractivity contribution in [1.82, 2.24) is 0 Å². The van der Waals surface area contributed by atoms with E-state index in [1.807, 2.05) is 48.5 Å². The Labute approximate surface area is 117 Å². The maximum atomic E-state index is 10.1. The topological polar surface area (TPSA) is 41.5 Å². The summed E-state index contributed by atoms with van der Waals surface area (Å²) in [5.41, 5.74) is 1.70. The molecule has 0 aliphatic heterocycles. The standard InChI is InChI=1S/C15H16ClNO2/c1-19-14-7-2-4-11(8-14)15(18)10-17-13-6-3-5-12(16)9-13/h2-9,15,17-18H,10H2,1H3. The Hall–Kier alpha value is -1.71. The zero-order chi connectivity index (χ0) is 13.7. The van der Waals surface area contributed by atoms with E-state index in [4.69, 9.17) is 16.3 Å². The van der Waals surface area contributed by atoms with E-state index >= 15 is 0 Å². The molecule has 0 aromatic heterocycles. The van der Waals surface area contributed by atoms with Gasteiger partial charge in [0.15, 0.2) is 0 Å². The van der Waals surface area contributed by atoms with Crippen molar-refractivity contribution in [2.75, 3.05) is 19.0 Å². The van der Waals surface area contributed by atoms with Crippen molar-refractivity contribution in [2.45, 2.75) is 6.10 Å². The van der Waals surface area contributed by atoms with Crippen LogP contribution in [0.4, 0.5) is 5.69 Å². The van der Waals surface area contributed by atoms with Crippen LogP contribution in [0.15, 0.2) is 48.5 Å². The van der Waals surface area contributed by atoms with E-state index in [1.54, 1.807) is 7.11 Å². The Morgan fingerprint density at radius 1 is 1.21 bits per heavy atom. The van der Waals surface area contributed by atoms with Gasteiger partial charge in [0.2, 0.25) is 0 Å². The lowest BCUT2D eigenvalue weighted by molar-refractivity contribution is 0.191. The number of rotatable bonds is 5. The molecule has 0 saturated heterocycles. The number of aliphatic hydroxyl groups is 1. The number of hydrogen-bond acceptors (Lipinski definition) is 3. The highest BCUT2D eigenvalue weighted by Crippen LogP contribution is 2.20. The summed E-state index contributed by atoms with van der Waals surface area (Å²) in [6.07, 6.45) is -0.603. The lowest BCUT2D eigenvalue weighted by Gasteiger charge is -2.14. The van der Waals surface area contributed by atoms with Crippen LogP contribution in [-0.4, -0.2) is 18.8 Å². The predicted octanol–water partition coefficient (Wildman–Crippen LogP) is 3.49. The van der Waals surface area contributed by atoms with E-state index in [2.05, 4.69) is 5.32 Å². The molecular formula is C15H16ClNO2. The number of aliphatic hydroxyl groups excluding tert-OH is 1. The number of methoxy groups -OCH3 is 1. The first-order valence-corrected chi connectivity index (χ1v) is 6.38. The molecule has 0 aliphatic carbocycles. The van der Waals surface area contributed by atoms with Crippen molar-refractivity contribution in [3.8, 4) is 5.75 Å². The van der Waals surface area contributed by atoms with Crippen LogP contribution in [0.1, 0.15) is 11.7 Å². The van der Waals surface area contributed by atoms with Gasteiger partial charge in [-0.1, -0.05) is 29.8 Å². The average molecular weight is 278 g/mol. The van der Waals surface area contributed by atoms with Gasteiger partial charge in [0.25, 0.3) is 0 Å². The molecule has 0 saturated carbocycles. The molecule has 0 heterocycles. The molecule has 2 aromatic rings. The number of hydrogen-bond donors (Lipinski definition) is 2. The zero-order valence-corrected chi connectivity index (χ0v) is 11.4. The normalized spacial score (nSPS) is 11.9.